The zero-order valence-corrected chi connectivity index (χ0v) is 18.7. The van der Waals surface area contributed by atoms with E-state index in [1.165, 1.54) is 50.5 Å². The standard InChI is InChI=1S/C23H34N4OS/c1-18-12-14-26(15-13-18)17-27-23(29)25(2)22(24-27)16-28-21-10-8-20(9-11-21)19-6-4-3-5-7-19/h8-11,18-19H,3-7,12-17H2,1-2H3. The third kappa shape index (κ3) is 5.10. The van der Waals surface area contributed by atoms with Gasteiger partial charge in [0.15, 0.2) is 10.6 Å². The van der Waals surface area contributed by atoms with E-state index >= 15 is 0 Å². The molecule has 0 N–H and O–H groups in total. The molecule has 1 aliphatic heterocycles. The summed E-state index contributed by atoms with van der Waals surface area (Å²) in [6.45, 7) is 5.79. The first-order chi connectivity index (χ1) is 14.1. The topological polar surface area (TPSA) is 35.2 Å². The largest absolute Gasteiger partial charge is 0.486 e. The first-order valence-electron chi connectivity index (χ1n) is 11.2. The Morgan fingerprint density at radius 3 is 2.41 bits per heavy atom. The van der Waals surface area contributed by atoms with Gasteiger partial charge in [0.05, 0.1) is 6.67 Å². The zero-order valence-electron chi connectivity index (χ0n) is 17.8. The van der Waals surface area contributed by atoms with Crippen LogP contribution in [0.15, 0.2) is 24.3 Å². The number of rotatable bonds is 6. The monoisotopic (exact) mass is 414 g/mol. The molecule has 5 nitrogen and oxygen atoms in total. The number of nitrogens with zero attached hydrogens (tertiary/aromatic N) is 4. The van der Waals surface area contributed by atoms with E-state index in [9.17, 15) is 0 Å². The predicted octanol–water partition coefficient (Wildman–Crippen LogP) is 5.27. The van der Waals surface area contributed by atoms with Crippen molar-refractivity contribution in [3.05, 3.63) is 40.4 Å². The lowest BCUT2D eigenvalue weighted by Gasteiger charge is -2.29. The maximum Gasteiger partial charge on any atom is 0.198 e. The molecule has 2 heterocycles. The van der Waals surface area contributed by atoms with Gasteiger partial charge in [-0.15, -0.1) is 0 Å². The number of likely N-dealkylation sites (tertiary alicyclic amines) is 1. The molecule has 158 valence electrons. The third-order valence-electron chi connectivity index (χ3n) is 6.67. The van der Waals surface area contributed by atoms with Gasteiger partial charge in [0.2, 0.25) is 0 Å². The van der Waals surface area contributed by atoms with Gasteiger partial charge in [-0.3, -0.25) is 4.90 Å². The molecule has 1 aromatic heterocycles. The molecule has 29 heavy (non-hydrogen) atoms. The molecule has 1 saturated heterocycles. The summed E-state index contributed by atoms with van der Waals surface area (Å²) < 4.78 is 10.7. The number of ether oxygens (including phenoxy) is 1. The Labute approximate surface area is 179 Å². The molecule has 0 radical (unpaired) electrons. The molecule has 6 heteroatoms. The minimum Gasteiger partial charge on any atom is -0.486 e. The van der Waals surface area contributed by atoms with E-state index in [0.717, 1.165) is 47.9 Å². The minimum atomic E-state index is 0.437. The van der Waals surface area contributed by atoms with Gasteiger partial charge in [0.25, 0.3) is 0 Å². The van der Waals surface area contributed by atoms with Gasteiger partial charge in [-0.2, -0.15) is 5.10 Å². The molecule has 0 atom stereocenters. The molecule has 1 aromatic carbocycles. The molecule has 4 rings (SSSR count). The average Bonchev–Trinajstić information content (AvgIpc) is 3.03. The van der Waals surface area contributed by atoms with Crippen LogP contribution in [0.5, 0.6) is 5.75 Å². The lowest BCUT2D eigenvalue weighted by Crippen LogP contribution is -2.34. The van der Waals surface area contributed by atoms with Gasteiger partial charge in [0.1, 0.15) is 12.4 Å². The molecular weight excluding hydrogens is 380 g/mol. The van der Waals surface area contributed by atoms with Gasteiger partial charge in [0, 0.05) is 20.1 Å². The molecule has 2 aromatic rings. The fraction of sp³-hybridized carbons (Fsp3) is 0.652. The van der Waals surface area contributed by atoms with Gasteiger partial charge in [-0.1, -0.05) is 38.3 Å². The van der Waals surface area contributed by atoms with E-state index < -0.39 is 0 Å². The van der Waals surface area contributed by atoms with Crippen LogP contribution in [0.4, 0.5) is 0 Å². The van der Waals surface area contributed by atoms with Crippen LogP contribution in [-0.4, -0.2) is 32.3 Å². The fourth-order valence-electron chi connectivity index (χ4n) is 4.56. The van der Waals surface area contributed by atoms with Crippen molar-refractivity contribution < 1.29 is 4.74 Å². The molecule has 0 amide bonds. The van der Waals surface area contributed by atoms with Crippen LogP contribution in [0.25, 0.3) is 0 Å². The summed E-state index contributed by atoms with van der Waals surface area (Å²) in [6, 6.07) is 8.68. The summed E-state index contributed by atoms with van der Waals surface area (Å²) in [5, 5.41) is 4.74. The Hall–Kier alpha value is -1.66. The van der Waals surface area contributed by atoms with Crippen molar-refractivity contribution in [2.24, 2.45) is 13.0 Å². The summed E-state index contributed by atoms with van der Waals surface area (Å²) >= 11 is 5.61. The second-order valence-electron chi connectivity index (χ2n) is 8.89. The van der Waals surface area contributed by atoms with Crippen LogP contribution in [0.3, 0.4) is 0 Å². The molecule has 0 unspecified atom stereocenters. The second kappa shape index (κ2) is 9.43. The highest BCUT2D eigenvalue weighted by molar-refractivity contribution is 7.71. The Balaban J connectivity index is 1.35. The Kier molecular flexibility index (Phi) is 6.70. The lowest BCUT2D eigenvalue weighted by molar-refractivity contribution is 0.145. The maximum absolute atomic E-state index is 6.03. The number of piperidine rings is 1. The van der Waals surface area contributed by atoms with Gasteiger partial charge < -0.3 is 9.30 Å². The molecular formula is C23H34N4OS. The Morgan fingerprint density at radius 2 is 1.72 bits per heavy atom. The van der Waals surface area contributed by atoms with Crippen molar-refractivity contribution in [1.29, 1.82) is 0 Å². The molecule has 0 spiro atoms. The number of hydrogen-bond donors (Lipinski definition) is 0. The van der Waals surface area contributed by atoms with Crippen LogP contribution in [-0.2, 0) is 20.3 Å². The normalized spacial score (nSPS) is 19.5. The summed E-state index contributed by atoms with van der Waals surface area (Å²) in [4.78, 5) is 2.44. The van der Waals surface area contributed by atoms with Gasteiger partial charge in [-0.05, 0) is 67.4 Å². The van der Waals surface area contributed by atoms with Crippen LogP contribution in [0.1, 0.15) is 69.2 Å². The van der Waals surface area contributed by atoms with Crippen molar-refractivity contribution >= 4 is 12.2 Å². The SMILES string of the molecule is CC1CCN(Cn2nc(COc3ccc(C4CCCCC4)cc3)n(C)c2=S)CC1. The van der Waals surface area contributed by atoms with Crippen LogP contribution in [0.2, 0.25) is 0 Å². The molecule has 1 aliphatic carbocycles. The molecule has 0 bridgehead atoms. The highest BCUT2D eigenvalue weighted by Gasteiger charge is 2.18. The lowest BCUT2D eigenvalue weighted by atomic mass is 9.84. The third-order valence-corrected chi connectivity index (χ3v) is 7.15. The number of hydrogen-bond acceptors (Lipinski definition) is 4. The van der Waals surface area contributed by atoms with Crippen molar-refractivity contribution in [3.8, 4) is 5.75 Å². The highest BCUT2D eigenvalue weighted by Crippen LogP contribution is 2.33. The first kappa shape index (κ1) is 20.6. The summed E-state index contributed by atoms with van der Waals surface area (Å²) in [5.74, 6) is 3.33. The second-order valence-corrected chi connectivity index (χ2v) is 9.26. The van der Waals surface area contributed by atoms with Crippen LogP contribution < -0.4 is 4.74 Å². The summed E-state index contributed by atoms with van der Waals surface area (Å²) in [5.41, 5.74) is 1.45. The van der Waals surface area contributed by atoms with Gasteiger partial charge >= 0.3 is 0 Å². The first-order valence-corrected chi connectivity index (χ1v) is 11.6. The van der Waals surface area contributed by atoms with Crippen molar-refractivity contribution in [1.82, 2.24) is 19.2 Å². The Bertz CT molecular complexity index is 843. The molecule has 1 saturated carbocycles. The number of aromatic nitrogens is 3. The van der Waals surface area contributed by atoms with Crippen LogP contribution in [0, 0.1) is 10.7 Å². The van der Waals surface area contributed by atoms with Crippen molar-refractivity contribution in [2.75, 3.05) is 13.1 Å². The van der Waals surface area contributed by atoms with Crippen molar-refractivity contribution in [3.63, 3.8) is 0 Å². The predicted molar refractivity (Wildman–Crippen MR) is 119 cm³/mol. The van der Waals surface area contributed by atoms with Gasteiger partial charge in [-0.25, -0.2) is 4.68 Å². The average molecular weight is 415 g/mol. The molecule has 2 fully saturated rings. The van der Waals surface area contributed by atoms with E-state index in [-0.39, 0.29) is 0 Å². The van der Waals surface area contributed by atoms with E-state index in [4.69, 9.17) is 22.1 Å². The quantitative estimate of drug-likeness (QED) is 0.604. The van der Waals surface area contributed by atoms with E-state index in [0.29, 0.717) is 6.61 Å². The van der Waals surface area contributed by atoms with E-state index in [2.05, 4.69) is 36.1 Å². The van der Waals surface area contributed by atoms with E-state index in [1.807, 2.05) is 16.3 Å². The maximum atomic E-state index is 6.03. The summed E-state index contributed by atoms with van der Waals surface area (Å²) in [6.07, 6.45) is 9.28. The fourth-order valence-corrected chi connectivity index (χ4v) is 4.77. The van der Waals surface area contributed by atoms with E-state index in [1.54, 1.807) is 0 Å². The Morgan fingerprint density at radius 1 is 1.03 bits per heavy atom. The van der Waals surface area contributed by atoms with Crippen molar-refractivity contribution in [2.45, 2.75) is 71.1 Å². The smallest absolute Gasteiger partial charge is 0.198 e. The molecule has 2 aliphatic rings. The summed E-state index contributed by atoms with van der Waals surface area (Å²) in [7, 11) is 1.98. The zero-order chi connectivity index (χ0) is 20.2. The number of benzene rings is 1. The highest BCUT2D eigenvalue weighted by atomic mass is 32.1. The minimum absolute atomic E-state index is 0.437. The van der Waals surface area contributed by atoms with Crippen LogP contribution >= 0.6 is 12.2 Å².